The Kier molecular flexibility index (Phi) is 4.90. The van der Waals surface area contributed by atoms with E-state index in [0.717, 1.165) is 24.6 Å². The number of pyridine rings is 1. The molecule has 1 aliphatic heterocycles. The van der Waals surface area contributed by atoms with Crippen LogP contribution in [0.3, 0.4) is 0 Å². The van der Waals surface area contributed by atoms with Gasteiger partial charge in [0.1, 0.15) is 11.5 Å². The molecule has 6 heteroatoms. The Morgan fingerprint density at radius 2 is 2.12 bits per heavy atom. The number of rotatable bonds is 4. The molecular formula is C19H27N5O. The third-order valence-electron chi connectivity index (χ3n) is 5.04. The fraction of sp³-hybridized carbons (Fsp3) is 0.526. The molecule has 2 aromatic heterocycles. The number of imidazole rings is 1. The second-order valence-corrected chi connectivity index (χ2v) is 7.11. The molecule has 0 saturated heterocycles. The van der Waals surface area contributed by atoms with Gasteiger partial charge in [0.15, 0.2) is 0 Å². The van der Waals surface area contributed by atoms with Crippen molar-refractivity contribution >= 4 is 5.91 Å². The van der Waals surface area contributed by atoms with E-state index in [2.05, 4.69) is 40.3 Å². The van der Waals surface area contributed by atoms with E-state index >= 15 is 0 Å². The van der Waals surface area contributed by atoms with Crippen molar-refractivity contribution in [3.05, 3.63) is 47.3 Å². The van der Waals surface area contributed by atoms with E-state index in [9.17, 15) is 4.79 Å². The molecule has 1 unspecified atom stereocenters. The van der Waals surface area contributed by atoms with E-state index < -0.39 is 0 Å². The fourth-order valence-corrected chi connectivity index (χ4v) is 3.21. The van der Waals surface area contributed by atoms with Gasteiger partial charge in [0.25, 0.3) is 5.91 Å². The van der Waals surface area contributed by atoms with Crippen LogP contribution in [0.1, 0.15) is 54.5 Å². The van der Waals surface area contributed by atoms with Gasteiger partial charge in [-0.1, -0.05) is 6.07 Å². The quantitative estimate of drug-likeness (QED) is 0.858. The zero-order valence-corrected chi connectivity index (χ0v) is 15.7. The Labute approximate surface area is 149 Å². The Bertz CT molecular complexity index is 767. The van der Waals surface area contributed by atoms with E-state index in [1.807, 2.05) is 37.1 Å². The van der Waals surface area contributed by atoms with Crippen LogP contribution in [-0.2, 0) is 13.1 Å². The number of aryl methyl sites for hydroxylation is 1. The summed E-state index contributed by atoms with van der Waals surface area (Å²) in [5, 5.41) is 0. The van der Waals surface area contributed by atoms with Crippen LogP contribution in [0.5, 0.6) is 0 Å². The average Bonchev–Trinajstić information content (AvgIpc) is 2.98. The molecule has 0 aromatic carbocycles. The van der Waals surface area contributed by atoms with Crippen LogP contribution in [0.15, 0.2) is 24.4 Å². The Hall–Kier alpha value is -2.21. The first kappa shape index (κ1) is 17.6. The molecule has 1 atom stereocenters. The molecule has 0 spiro atoms. The highest BCUT2D eigenvalue weighted by molar-refractivity contribution is 5.92. The van der Waals surface area contributed by atoms with Crippen molar-refractivity contribution in [1.82, 2.24) is 24.3 Å². The van der Waals surface area contributed by atoms with Gasteiger partial charge in [0, 0.05) is 37.6 Å². The maximum absolute atomic E-state index is 12.9. The van der Waals surface area contributed by atoms with E-state index in [4.69, 9.17) is 0 Å². The number of hydrogen-bond acceptors (Lipinski definition) is 4. The van der Waals surface area contributed by atoms with Crippen molar-refractivity contribution in [2.75, 3.05) is 13.6 Å². The summed E-state index contributed by atoms with van der Waals surface area (Å²) in [6, 6.07) is 6.00. The van der Waals surface area contributed by atoms with Gasteiger partial charge >= 0.3 is 0 Å². The van der Waals surface area contributed by atoms with Crippen molar-refractivity contribution in [3.63, 3.8) is 0 Å². The molecule has 0 radical (unpaired) electrons. The summed E-state index contributed by atoms with van der Waals surface area (Å²) in [4.78, 5) is 26.0. The number of amides is 1. The number of carbonyl (C=O) groups is 1. The third kappa shape index (κ3) is 3.44. The molecule has 1 amide bonds. The van der Waals surface area contributed by atoms with Gasteiger partial charge in [-0.2, -0.15) is 0 Å². The highest BCUT2D eigenvalue weighted by atomic mass is 16.2. The second-order valence-electron chi connectivity index (χ2n) is 7.11. The van der Waals surface area contributed by atoms with Gasteiger partial charge in [-0.3, -0.25) is 9.69 Å². The molecule has 0 aliphatic carbocycles. The molecule has 0 N–H and O–H groups in total. The lowest BCUT2D eigenvalue weighted by Gasteiger charge is -2.34. The third-order valence-corrected chi connectivity index (χ3v) is 5.04. The van der Waals surface area contributed by atoms with Gasteiger partial charge in [-0.05, 0) is 46.9 Å². The van der Waals surface area contributed by atoms with Crippen LogP contribution in [0.2, 0.25) is 0 Å². The lowest BCUT2D eigenvalue weighted by Crippen LogP contribution is -2.42. The summed E-state index contributed by atoms with van der Waals surface area (Å²) >= 11 is 0. The topological polar surface area (TPSA) is 54.3 Å². The zero-order valence-electron chi connectivity index (χ0n) is 15.7. The number of hydrogen-bond donors (Lipinski definition) is 0. The Morgan fingerprint density at radius 1 is 1.36 bits per heavy atom. The fourth-order valence-electron chi connectivity index (χ4n) is 3.21. The smallest absolute Gasteiger partial charge is 0.273 e. The van der Waals surface area contributed by atoms with Crippen molar-refractivity contribution < 1.29 is 4.79 Å². The van der Waals surface area contributed by atoms with Crippen molar-refractivity contribution in [3.8, 4) is 0 Å². The molecule has 0 fully saturated rings. The zero-order chi connectivity index (χ0) is 18.1. The van der Waals surface area contributed by atoms with E-state index in [-0.39, 0.29) is 11.9 Å². The minimum Gasteiger partial charge on any atom is -0.327 e. The molecule has 3 rings (SSSR count). The molecule has 0 saturated carbocycles. The van der Waals surface area contributed by atoms with Crippen molar-refractivity contribution in [1.29, 1.82) is 0 Å². The molecule has 0 bridgehead atoms. The van der Waals surface area contributed by atoms with Gasteiger partial charge in [-0.15, -0.1) is 0 Å². The second kappa shape index (κ2) is 6.96. The van der Waals surface area contributed by atoms with Gasteiger partial charge in [-0.25, -0.2) is 9.97 Å². The minimum atomic E-state index is -0.0540. The van der Waals surface area contributed by atoms with Crippen LogP contribution in [0.25, 0.3) is 0 Å². The monoisotopic (exact) mass is 341 g/mol. The summed E-state index contributed by atoms with van der Waals surface area (Å²) < 4.78 is 2.26. The Morgan fingerprint density at radius 3 is 2.80 bits per heavy atom. The van der Waals surface area contributed by atoms with E-state index in [1.54, 1.807) is 6.07 Å². The lowest BCUT2D eigenvalue weighted by molar-refractivity contribution is 0.0628. The molecule has 25 heavy (non-hydrogen) atoms. The molecule has 3 heterocycles. The number of aromatic nitrogens is 3. The summed E-state index contributed by atoms with van der Waals surface area (Å²) in [5.41, 5.74) is 2.57. The van der Waals surface area contributed by atoms with Crippen LogP contribution in [0, 0.1) is 6.92 Å². The highest BCUT2D eigenvalue weighted by Crippen LogP contribution is 2.27. The summed E-state index contributed by atoms with van der Waals surface area (Å²) in [7, 11) is 2.12. The lowest BCUT2D eigenvalue weighted by atomic mass is 10.1. The molecular weight excluding hydrogens is 314 g/mol. The molecule has 134 valence electrons. The van der Waals surface area contributed by atoms with Crippen LogP contribution in [0.4, 0.5) is 0 Å². The van der Waals surface area contributed by atoms with Crippen molar-refractivity contribution in [2.24, 2.45) is 0 Å². The normalized spacial score (nSPS) is 17.2. The van der Waals surface area contributed by atoms with Crippen LogP contribution < -0.4 is 0 Å². The number of carbonyl (C=O) groups excluding carboxylic acids is 1. The minimum absolute atomic E-state index is 0.0219. The number of nitrogens with zero attached hydrogens (tertiary/aromatic N) is 5. The van der Waals surface area contributed by atoms with Crippen molar-refractivity contribution in [2.45, 2.75) is 52.9 Å². The number of fused-ring (bicyclic) bond motifs is 1. The Balaban J connectivity index is 1.81. The molecule has 6 nitrogen and oxygen atoms in total. The largest absolute Gasteiger partial charge is 0.327 e. The van der Waals surface area contributed by atoms with E-state index in [0.29, 0.717) is 18.3 Å². The molecule has 2 aromatic rings. The summed E-state index contributed by atoms with van der Waals surface area (Å²) in [5.74, 6) is 0.936. The first-order valence-corrected chi connectivity index (χ1v) is 8.87. The first-order valence-electron chi connectivity index (χ1n) is 8.87. The standard InChI is InChI=1S/C19H27N5O/c1-13(2)22(5)12-16-11-20-18-15(4)23(9-10-24(16)18)19(25)17-8-6-7-14(3)21-17/h6-8,11,13,15H,9-10,12H2,1-5H3. The summed E-state index contributed by atoms with van der Waals surface area (Å²) in [6.45, 7) is 10.6. The maximum Gasteiger partial charge on any atom is 0.273 e. The van der Waals surface area contributed by atoms with Crippen LogP contribution >= 0.6 is 0 Å². The molecule has 1 aliphatic rings. The van der Waals surface area contributed by atoms with Gasteiger partial charge in [0.05, 0.1) is 11.7 Å². The highest BCUT2D eigenvalue weighted by Gasteiger charge is 2.31. The van der Waals surface area contributed by atoms with Gasteiger partial charge < -0.3 is 9.47 Å². The average molecular weight is 341 g/mol. The first-order chi connectivity index (χ1) is 11.9. The predicted octanol–water partition coefficient (Wildman–Crippen LogP) is 2.64. The van der Waals surface area contributed by atoms with Crippen LogP contribution in [-0.4, -0.2) is 49.9 Å². The SMILES string of the molecule is Cc1cccc(C(=O)N2CCn3c(CN(C)C(C)C)cnc3C2C)n1. The predicted molar refractivity (Wildman–Crippen MR) is 97.3 cm³/mol. The summed E-state index contributed by atoms with van der Waals surface area (Å²) in [6.07, 6.45) is 1.95. The van der Waals surface area contributed by atoms with Gasteiger partial charge in [0.2, 0.25) is 0 Å². The maximum atomic E-state index is 12.9. The van der Waals surface area contributed by atoms with E-state index in [1.165, 1.54) is 5.69 Å².